The third-order valence-electron chi connectivity index (χ3n) is 1.32. The van der Waals surface area contributed by atoms with Crippen molar-refractivity contribution in [3.05, 3.63) is 5.92 Å². The van der Waals surface area contributed by atoms with Crippen LogP contribution in [0.15, 0.2) is 0 Å². The van der Waals surface area contributed by atoms with Gasteiger partial charge in [0.2, 0.25) is 0 Å². The van der Waals surface area contributed by atoms with Gasteiger partial charge in [0.15, 0.2) is 0 Å². The minimum absolute atomic E-state index is 0. The fourth-order valence-corrected chi connectivity index (χ4v) is 0.643. The Balaban J connectivity index is 0. The molecule has 0 saturated heterocycles. The third kappa shape index (κ3) is 5.76. The molecule has 0 nitrogen and oxygen atoms in total. The van der Waals surface area contributed by atoms with Crippen LogP contribution in [0, 0.1) is 37.0 Å². The molecular formula is C6H9F3IU-. The van der Waals surface area contributed by atoms with Gasteiger partial charge < -0.3 is 0 Å². The summed E-state index contributed by atoms with van der Waals surface area (Å²) >= 11 is 1.77. The van der Waals surface area contributed by atoms with Crippen LogP contribution in [0.4, 0.5) is 13.2 Å². The molecule has 0 atom stereocenters. The van der Waals surface area contributed by atoms with E-state index >= 15 is 0 Å². The first kappa shape index (κ1) is 15.1. The zero-order valence-corrected chi connectivity index (χ0v) is 12.8. The predicted molar refractivity (Wildman–Crippen MR) is 43.1 cm³/mol. The smallest absolute Gasteiger partial charge is 0.207 e. The van der Waals surface area contributed by atoms with Crippen LogP contribution in [0.2, 0.25) is 0 Å². The summed E-state index contributed by atoms with van der Waals surface area (Å²) in [6.07, 6.45) is -4.15. The topological polar surface area (TPSA) is 0 Å². The van der Waals surface area contributed by atoms with Gasteiger partial charge >= 0.3 is 0 Å². The van der Waals surface area contributed by atoms with E-state index in [4.69, 9.17) is 0 Å². The van der Waals surface area contributed by atoms with Crippen LogP contribution in [-0.2, 0) is 0 Å². The minimum Gasteiger partial charge on any atom is -0.207 e. The van der Waals surface area contributed by atoms with Crippen molar-refractivity contribution < 1.29 is 44.3 Å². The second-order valence-corrected chi connectivity index (χ2v) is 5.29. The zero-order chi connectivity index (χ0) is 8.58. The molecule has 0 rings (SSSR count). The SMILES string of the molecule is C[C-](C(F)(F)F)C(C)(C)I.[U]. The van der Waals surface area contributed by atoms with Crippen molar-refractivity contribution in [2.24, 2.45) is 0 Å². The number of hydrogen-bond acceptors (Lipinski definition) is 0. The summed E-state index contributed by atoms with van der Waals surface area (Å²) in [5.74, 6) is -0.444. The van der Waals surface area contributed by atoms with Crippen LogP contribution >= 0.6 is 22.6 Å². The van der Waals surface area contributed by atoms with Crippen molar-refractivity contribution in [3.8, 4) is 0 Å². The number of rotatable bonds is 1. The Labute approximate surface area is 102 Å². The summed E-state index contributed by atoms with van der Waals surface area (Å²) in [6.45, 7) is 4.19. The average Bonchev–Trinajstić information content (AvgIpc) is 1.59. The Morgan fingerprint density at radius 1 is 1.18 bits per heavy atom. The fraction of sp³-hybridized carbons (Fsp3) is 0.833. The Morgan fingerprint density at radius 3 is 1.45 bits per heavy atom. The molecule has 0 aromatic carbocycles. The van der Waals surface area contributed by atoms with E-state index in [9.17, 15) is 13.2 Å². The molecule has 0 fully saturated rings. The minimum atomic E-state index is -4.15. The fourth-order valence-electron chi connectivity index (χ4n) is 0.337. The Kier molecular flexibility index (Phi) is 6.45. The third-order valence-corrected chi connectivity index (χ3v) is 2.13. The quantitative estimate of drug-likeness (QED) is 0.293. The van der Waals surface area contributed by atoms with Crippen molar-refractivity contribution in [3.63, 3.8) is 0 Å². The molecule has 11 heavy (non-hydrogen) atoms. The van der Waals surface area contributed by atoms with E-state index in [0.717, 1.165) is 6.92 Å². The number of hydrogen-bond donors (Lipinski definition) is 0. The largest absolute Gasteiger partial charge is 0.273 e. The molecule has 0 spiro atoms. The molecule has 0 heterocycles. The molecule has 0 amide bonds. The van der Waals surface area contributed by atoms with Crippen molar-refractivity contribution >= 4 is 22.6 Å². The molecule has 0 aromatic rings. The molecule has 0 radical (unpaired) electrons. The predicted octanol–water partition coefficient (Wildman–Crippen LogP) is 3.36. The second kappa shape index (κ2) is 4.71. The maximum atomic E-state index is 11.9. The standard InChI is InChI=1S/C6H9F3I.U/c1-4(5(2,3)10)6(7,8)9;/h1-3H3;/q-1;. The van der Waals surface area contributed by atoms with Gasteiger partial charge in [-0.3, -0.25) is 0 Å². The van der Waals surface area contributed by atoms with Gasteiger partial charge in [0.05, 0.1) is 0 Å². The monoisotopic (exact) mass is 503 g/mol. The second-order valence-electron chi connectivity index (χ2n) is 2.60. The maximum Gasteiger partial charge on any atom is 0.273 e. The van der Waals surface area contributed by atoms with Crippen LogP contribution in [0.5, 0.6) is 0 Å². The van der Waals surface area contributed by atoms with Gasteiger partial charge in [0.25, 0.3) is 6.18 Å². The van der Waals surface area contributed by atoms with Crippen molar-refractivity contribution in [1.82, 2.24) is 0 Å². The van der Waals surface area contributed by atoms with Gasteiger partial charge in [-0.2, -0.15) is 12.8 Å². The summed E-state index contributed by atoms with van der Waals surface area (Å²) in [5.41, 5.74) is 0. The summed E-state index contributed by atoms with van der Waals surface area (Å²) in [6, 6.07) is 0. The van der Waals surface area contributed by atoms with E-state index < -0.39 is 15.5 Å². The van der Waals surface area contributed by atoms with E-state index in [1.165, 1.54) is 13.8 Å². The maximum absolute atomic E-state index is 11.9. The summed E-state index contributed by atoms with van der Waals surface area (Å²) in [7, 11) is 0. The Morgan fingerprint density at radius 2 is 1.45 bits per heavy atom. The van der Waals surface area contributed by atoms with Gasteiger partial charge in [0, 0.05) is 31.1 Å². The van der Waals surface area contributed by atoms with Gasteiger partial charge in [-0.15, -0.1) is 22.6 Å². The Hall–Kier alpha value is 1.57. The van der Waals surface area contributed by atoms with Gasteiger partial charge in [0.1, 0.15) is 0 Å². The molecule has 0 N–H and O–H groups in total. The van der Waals surface area contributed by atoms with Crippen LogP contribution in [0.25, 0.3) is 0 Å². The summed E-state index contributed by atoms with van der Waals surface area (Å²) in [4.78, 5) is 0. The molecule has 0 saturated carbocycles. The summed E-state index contributed by atoms with van der Waals surface area (Å²) in [5, 5.41) is 0. The van der Waals surface area contributed by atoms with Crippen molar-refractivity contribution in [2.45, 2.75) is 30.4 Å². The van der Waals surface area contributed by atoms with Gasteiger partial charge in [-0.25, -0.2) is 13.2 Å². The average molecular weight is 503 g/mol. The van der Waals surface area contributed by atoms with E-state index in [2.05, 4.69) is 0 Å². The van der Waals surface area contributed by atoms with E-state index in [-0.39, 0.29) is 31.1 Å². The molecule has 0 bridgehead atoms. The van der Waals surface area contributed by atoms with E-state index in [0.29, 0.717) is 0 Å². The molecule has 0 aliphatic carbocycles. The molecule has 0 aliphatic rings. The first-order valence-electron chi connectivity index (χ1n) is 2.76. The first-order valence-corrected chi connectivity index (χ1v) is 3.83. The number of halogens is 4. The summed E-state index contributed by atoms with van der Waals surface area (Å²) < 4.78 is 34.9. The molecular weight excluding hydrogens is 494 g/mol. The molecule has 0 aromatic heterocycles. The normalized spacial score (nSPS) is 13.1. The first-order chi connectivity index (χ1) is 4.15. The van der Waals surface area contributed by atoms with Crippen molar-refractivity contribution in [1.29, 1.82) is 0 Å². The van der Waals surface area contributed by atoms with Gasteiger partial charge in [-0.05, 0) is 0 Å². The van der Waals surface area contributed by atoms with Crippen molar-refractivity contribution in [2.75, 3.05) is 0 Å². The van der Waals surface area contributed by atoms with Crippen LogP contribution in [-0.4, -0.2) is 9.60 Å². The molecule has 66 valence electrons. The van der Waals surface area contributed by atoms with E-state index in [1.54, 1.807) is 22.6 Å². The van der Waals surface area contributed by atoms with E-state index in [1.807, 2.05) is 0 Å². The van der Waals surface area contributed by atoms with Crippen LogP contribution in [0.1, 0.15) is 20.8 Å². The molecule has 0 unspecified atom stereocenters. The van der Waals surface area contributed by atoms with Crippen LogP contribution < -0.4 is 0 Å². The number of alkyl halides is 4. The Bertz CT molecular complexity index is 102. The molecule has 0 aliphatic heterocycles. The molecule has 5 heteroatoms. The van der Waals surface area contributed by atoms with Gasteiger partial charge in [-0.1, -0.05) is 17.3 Å². The zero-order valence-electron chi connectivity index (χ0n) is 6.51. The van der Waals surface area contributed by atoms with Crippen LogP contribution in [0.3, 0.4) is 0 Å².